The van der Waals surface area contributed by atoms with Gasteiger partial charge in [0.25, 0.3) is 0 Å². The topological polar surface area (TPSA) is 52.3 Å². The van der Waals surface area contributed by atoms with Gasteiger partial charge in [-0.25, -0.2) is 0 Å². The van der Waals surface area contributed by atoms with Crippen molar-refractivity contribution in [3.63, 3.8) is 0 Å². The zero-order valence-corrected chi connectivity index (χ0v) is 11.6. The van der Waals surface area contributed by atoms with Crippen molar-refractivity contribution in [2.45, 2.75) is 12.8 Å². The number of nitrogens with two attached hydrogens (primary N) is 1. The lowest BCUT2D eigenvalue weighted by atomic mass is 10.00. The zero-order valence-electron chi connectivity index (χ0n) is 10.9. The molecule has 0 bridgehead atoms. The first-order chi connectivity index (χ1) is 9.63. The first-order valence-corrected chi connectivity index (χ1v) is 6.84. The molecule has 1 aliphatic rings. The van der Waals surface area contributed by atoms with Crippen LogP contribution in [0.2, 0.25) is 5.02 Å². The minimum Gasteiger partial charge on any atom is -0.493 e. The molecule has 0 aromatic heterocycles. The van der Waals surface area contributed by atoms with Crippen LogP contribution in [0, 0.1) is 0 Å². The van der Waals surface area contributed by atoms with Crippen LogP contribution in [0.4, 0.5) is 5.69 Å². The number of Topliss-reactive ketones (excluding diaryl/α,β-unsaturated/α-hetero) is 1. The Morgan fingerprint density at radius 1 is 1.30 bits per heavy atom. The van der Waals surface area contributed by atoms with Gasteiger partial charge in [-0.1, -0.05) is 23.7 Å². The van der Waals surface area contributed by atoms with Gasteiger partial charge in [0.2, 0.25) is 0 Å². The van der Waals surface area contributed by atoms with Gasteiger partial charge in [-0.05, 0) is 29.8 Å². The molecule has 0 saturated carbocycles. The number of carbonyl (C=O) groups excluding carboxylic acids is 1. The summed E-state index contributed by atoms with van der Waals surface area (Å²) in [5, 5.41) is 0.643. The molecule has 0 radical (unpaired) electrons. The van der Waals surface area contributed by atoms with E-state index in [0.29, 0.717) is 22.9 Å². The van der Waals surface area contributed by atoms with Crippen molar-refractivity contribution in [3.05, 3.63) is 58.1 Å². The SMILES string of the molecule is Nc1cccc(C(=O)Cc2cc(Cl)cc3c2OCC3)c1. The quantitative estimate of drug-likeness (QED) is 0.696. The maximum atomic E-state index is 12.3. The van der Waals surface area contributed by atoms with Gasteiger partial charge in [0.15, 0.2) is 5.78 Å². The number of rotatable bonds is 3. The smallest absolute Gasteiger partial charge is 0.167 e. The molecule has 1 heterocycles. The molecule has 4 heteroatoms. The van der Waals surface area contributed by atoms with E-state index in [0.717, 1.165) is 23.3 Å². The molecular weight excluding hydrogens is 274 g/mol. The number of hydrogen-bond acceptors (Lipinski definition) is 3. The van der Waals surface area contributed by atoms with Crippen LogP contribution >= 0.6 is 11.6 Å². The predicted octanol–water partition coefficient (Wildman–Crippen LogP) is 3.28. The van der Waals surface area contributed by atoms with Gasteiger partial charge in [-0.2, -0.15) is 0 Å². The van der Waals surface area contributed by atoms with Crippen LogP contribution in [0.25, 0.3) is 0 Å². The second-order valence-electron chi connectivity index (χ2n) is 4.88. The number of halogens is 1. The summed E-state index contributed by atoms with van der Waals surface area (Å²) in [5.41, 5.74) is 8.82. The third kappa shape index (κ3) is 2.49. The highest BCUT2D eigenvalue weighted by Gasteiger charge is 2.19. The van der Waals surface area contributed by atoms with Crippen LogP contribution in [0.3, 0.4) is 0 Å². The second-order valence-corrected chi connectivity index (χ2v) is 5.31. The van der Waals surface area contributed by atoms with E-state index in [-0.39, 0.29) is 12.2 Å². The number of carbonyl (C=O) groups is 1. The molecule has 1 aliphatic heterocycles. The summed E-state index contributed by atoms with van der Waals surface area (Å²) in [4.78, 5) is 12.3. The molecule has 0 unspecified atom stereocenters. The molecule has 2 aromatic rings. The van der Waals surface area contributed by atoms with E-state index in [4.69, 9.17) is 22.1 Å². The van der Waals surface area contributed by atoms with Crippen LogP contribution < -0.4 is 10.5 Å². The third-order valence-electron chi connectivity index (χ3n) is 3.38. The number of nitrogen functional groups attached to an aromatic ring is 1. The molecule has 2 aromatic carbocycles. The number of ketones is 1. The summed E-state index contributed by atoms with van der Waals surface area (Å²) >= 11 is 6.10. The fraction of sp³-hybridized carbons (Fsp3) is 0.188. The highest BCUT2D eigenvalue weighted by atomic mass is 35.5. The van der Waals surface area contributed by atoms with E-state index < -0.39 is 0 Å². The van der Waals surface area contributed by atoms with Gasteiger partial charge in [-0.15, -0.1) is 0 Å². The number of benzene rings is 2. The van der Waals surface area contributed by atoms with Gasteiger partial charge in [-0.3, -0.25) is 4.79 Å². The van der Waals surface area contributed by atoms with Crippen molar-refractivity contribution in [2.75, 3.05) is 12.3 Å². The Hall–Kier alpha value is -2.00. The number of hydrogen-bond donors (Lipinski definition) is 1. The van der Waals surface area contributed by atoms with E-state index >= 15 is 0 Å². The molecule has 3 rings (SSSR count). The number of ether oxygens (including phenoxy) is 1. The Morgan fingerprint density at radius 2 is 2.15 bits per heavy atom. The van der Waals surface area contributed by atoms with E-state index in [1.54, 1.807) is 30.3 Å². The second kappa shape index (κ2) is 5.17. The standard InChI is InChI=1S/C16H14ClNO2/c17-13-6-11-4-5-20-16(11)12(7-13)9-15(19)10-2-1-3-14(18)8-10/h1-3,6-8H,4-5,9,18H2. The maximum absolute atomic E-state index is 12.3. The predicted molar refractivity (Wildman–Crippen MR) is 79.5 cm³/mol. The molecule has 0 atom stereocenters. The Labute approximate surface area is 122 Å². The van der Waals surface area contributed by atoms with Crippen molar-refractivity contribution in [3.8, 4) is 5.75 Å². The van der Waals surface area contributed by atoms with E-state index in [2.05, 4.69) is 0 Å². The summed E-state index contributed by atoms with van der Waals surface area (Å²) in [7, 11) is 0. The molecule has 0 fully saturated rings. The lowest BCUT2D eigenvalue weighted by molar-refractivity contribution is 0.0992. The van der Waals surface area contributed by atoms with Crippen LogP contribution in [-0.4, -0.2) is 12.4 Å². The molecule has 102 valence electrons. The molecule has 0 spiro atoms. The summed E-state index contributed by atoms with van der Waals surface area (Å²) in [6.45, 7) is 0.648. The monoisotopic (exact) mass is 287 g/mol. The Balaban J connectivity index is 1.90. The normalized spacial score (nSPS) is 12.8. The van der Waals surface area contributed by atoms with Crippen LogP contribution in [-0.2, 0) is 12.8 Å². The van der Waals surface area contributed by atoms with Gasteiger partial charge in [0.1, 0.15) is 5.75 Å². The minimum absolute atomic E-state index is 0.0114. The number of fused-ring (bicyclic) bond motifs is 1. The third-order valence-corrected chi connectivity index (χ3v) is 3.60. The van der Waals surface area contributed by atoms with Gasteiger partial charge in [0.05, 0.1) is 6.61 Å². The Bertz CT molecular complexity index is 682. The van der Waals surface area contributed by atoms with Crippen LogP contribution in [0.5, 0.6) is 5.75 Å². The molecule has 20 heavy (non-hydrogen) atoms. The first kappa shape index (κ1) is 13.0. The fourth-order valence-electron chi connectivity index (χ4n) is 2.46. The molecule has 2 N–H and O–H groups in total. The van der Waals surface area contributed by atoms with Crippen molar-refractivity contribution in [1.82, 2.24) is 0 Å². The summed E-state index contributed by atoms with van der Waals surface area (Å²) < 4.78 is 5.61. The van der Waals surface area contributed by atoms with E-state index in [1.807, 2.05) is 6.07 Å². The van der Waals surface area contributed by atoms with Gasteiger partial charge >= 0.3 is 0 Å². The summed E-state index contributed by atoms with van der Waals surface area (Å²) in [6.07, 6.45) is 1.11. The van der Waals surface area contributed by atoms with Crippen molar-refractivity contribution < 1.29 is 9.53 Å². The molecule has 3 nitrogen and oxygen atoms in total. The largest absolute Gasteiger partial charge is 0.493 e. The van der Waals surface area contributed by atoms with Crippen LogP contribution in [0.1, 0.15) is 21.5 Å². The Morgan fingerprint density at radius 3 is 2.95 bits per heavy atom. The summed E-state index contributed by atoms with van der Waals surface area (Å²) in [6, 6.07) is 10.7. The highest BCUT2D eigenvalue weighted by Crippen LogP contribution is 2.33. The van der Waals surface area contributed by atoms with Gasteiger partial charge < -0.3 is 10.5 Å². The molecule has 0 amide bonds. The minimum atomic E-state index is 0.0114. The average molecular weight is 288 g/mol. The molecular formula is C16H14ClNO2. The lowest BCUT2D eigenvalue weighted by Crippen LogP contribution is -2.05. The highest BCUT2D eigenvalue weighted by molar-refractivity contribution is 6.30. The van der Waals surface area contributed by atoms with E-state index in [1.165, 1.54) is 0 Å². The fourth-order valence-corrected chi connectivity index (χ4v) is 2.73. The molecule has 0 saturated heterocycles. The van der Waals surface area contributed by atoms with Crippen molar-refractivity contribution in [1.29, 1.82) is 0 Å². The Kier molecular flexibility index (Phi) is 3.36. The van der Waals surface area contributed by atoms with E-state index in [9.17, 15) is 4.79 Å². The summed E-state index contributed by atoms with van der Waals surface area (Å²) in [5.74, 6) is 0.823. The maximum Gasteiger partial charge on any atom is 0.167 e. The first-order valence-electron chi connectivity index (χ1n) is 6.46. The number of anilines is 1. The van der Waals surface area contributed by atoms with Gasteiger partial charge in [0, 0.05) is 34.7 Å². The van der Waals surface area contributed by atoms with Crippen molar-refractivity contribution >= 4 is 23.1 Å². The average Bonchev–Trinajstić information content (AvgIpc) is 2.86. The van der Waals surface area contributed by atoms with Crippen LogP contribution in [0.15, 0.2) is 36.4 Å². The molecule has 0 aliphatic carbocycles. The van der Waals surface area contributed by atoms with Crippen molar-refractivity contribution in [2.24, 2.45) is 0 Å². The zero-order chi connectivity index (χ0) is 14.1. The lowest BCUT2D eigenvalue weighted by Gasteiger charge is -2.09.